The predicted octanol–water partition coefficient (Wildman–Crippen LogP) is 2.35. The van der Waals surface area contributed by atoms with Gasteiger partial charge in [-0.15, -0.1) is 5.10 Å². The fraction of sp³-hybridized carbons (Fsp3) is 0. The standard InChI is InChI=1S/C12H7BrF2N6/c13-6-4-9(11(16)17-5-6)21-12(18-19-20-21)7-2-1-3-8(14)10(7)15/h1-5H,(H2,16,17). The lowest BCUT2D eigenvalue weighted by molar-refractivity contribution is 0.510. The van der Waals surface area contributed by atoms with Crippen molar-refractivity contribution in [2.24, 2.45) is 0 Å². The van der Waals surface area contributed by atoms with E-state index < -0.39 is 11.6 Å². The lowest BCUT2D eigenvalue weighted by Crippen LogP contribution is -2.06. The van der Waals surface area contributed by atoms with Gasteiger partial charge in [-0.1, -0.05) is 6.07 Å². The molecule has 0 aliphatic heterocycles. The number of nitrogen functional groups attached to an aromatic ring is 1. The van der Waals surface area contributed by atoms with Crippen LogP contribution >= 0.6 is 15.9 Å². The van der Waals surface area contributed by atoms with Crippen molar-refractivity contribution >= 4 is 21.7 Å². The number of benzene rings is 1. The van der Waals surface area contributed by atoms with Gasteiger partial charge in [-0.2, -0.15) is 4.68 Å². The monoisotopic (exact) mass is 352 g/mol. The average Bonchev–Trinajstić information content (AvgIpc) is 2.93. The summed E-state index contributed by atoms with van der Waals surface area (Å²) in [5.41, 5.74) is 6.06. The van der Waals surface area contributed by atoms with Gasteiger partial charge < -0.3 is 5.73 Å². The van der Waals surface area contributed by atoms with Gasteiger partial charge in [-0.05, 0) is 44.6 Å². The lowest BCUT2D eigenvalue weighted by Gasteiger charge is -2.08. The van der Waals surface area contributed by atoms with Crippen molar-refractivity contribution in [3.63, 3.8) is 0 Å². The number of aromatic nitrogens is 5. The molecule has 9 heteroatoms. The van der Waals surface area contributed by atoms with E-state index in [2.05, 4.69) is 36.4 Å². The smallest absolute Gasteiger partial charge is 0.190 e. The first kappa shape index (κ1) is 13.6. The molecular formula is C12H7BrF2N6. The molecule has 21 heavy (non-hydrogen) atoms. The van der Waals surface area contributed by atoms with Crippen molar-refractivity contribution in [2.75, 3.05) is 5.73 Å². The first-order valence-electron chi connectivity index (χ1n) is 5.72. The maximum atomic E-state index is 13.9. The van der Waals surface area contributed by atoms with Gasteiger partial charge in [-0.3, -0.25) is 0 Å². The Morgan fingerprint density at radius 1 is 1.24 bits per heavy atom. The molecule has 106 valence electrons. The number of tetrazole rings is 1. The molecule has 0 aliphatic carbocycles. The normalized spacial score (nSPS) is 10.8. The van der Waals surface area contributed by atoms with E-state index in [4.69, 9.17) is 5.73 Å². The number of nitrogens with two attached hydrogens (primary N) is 1. The number of hydrogen-bond acceptors (Lipinski definition) is 5. The molecule has 0 unspecified atom stereocenters. The van der Waals surface area contributed by atoms with E-state index in [1.807, 2.05) is 0 Å². The molecule has 0 saturated heterocycles. The van der Waals surface area contributed by atoms with Crippen LogP contribution in [0.4, 0.5) is 14.6 Å². The Morgan fingerprint density at radius 3 is 2.86 bits per heavy atom. The van der Waals surface area contributed by atoms with Gasteiger partial charge in [0.1, 0.15) is 11.5 Å². The Morgan fingerprint density at radius 2 is 2.05 bits per heavy atom. The predicted molar refractivity (Wildman–Crippen MR) is 74.4 cm³/mol. The lowest BCUT2D eigenvalue weighted by atomic mass is 10.2. The van der Waals surface area contributed by atoms with Gasteiger partial charge in [0.25, 0.3) is 0 Å². The largest absolute Gasteiger partial charge is 0.382 e. The minimum absolute atomic E-state index is 0.0265. The van der Waals surface area contributed by atoms with Crippen molar-refractivity contribution in [2.45, 2.75) is 0 Å². The fourth-order valence-electron chi connectivity index (χ4n) is 1.80. The van der Waals surface area contributed by atoms with E-state index in [0.29, 0.717) is 10.2 Å². The molecule has 0 bridgehead atoms. The Bertz CT molecular complexity index is 803. The summed E-state index contributed by atoms with van der Waals surface area (Å²) >= 11 is 3.25. The van der Waals surface area contributed by atoms with Crippen LogP contribution in [0.2, 0.25) is 0 Å². The molecule has 6 nitrogen and oxygen atoms in total. The van der Waals surface area contributed by atoms with Gasteiger partial charge >= 0.3 is 0 Å². The second-order valence-corrected chi connectivity index (χ2v) is 4.99. The van der Waals surface area contributed by atoms with E-state index in [0.717, 1.165) is 6.07 Å². The van der Waals surface area contributed by atoms with Crippen molar-refractivity contribution in [1.82, 2.24) is 25.2 Å². The molecule has 0 spiro atoms. The van der Waals surface area contributed by atoms with Crippen LogP contribution in [0.25, 0.3) is 17.1 Å². The van der Waals surface area contributed by atoms with Crippen LogP contribution in [0, 0.1) is 11.6 Å². The molecule has 0 aliphatic rings. The van der Waals surface area contributed by atoms with Crippen LogP contribution in [-0.4, -0.2) is 25.2 Å². The maximum Gasteiger partial charge on any atom is 0.190 e. The first-order chi connectivity index (χ1) is 10.1. The quantitative estimate of drug-likeness (QED) is 0.765. The molecule has 0 fully saturated rings. The van der Waals surface area contributed by atoms with Crippen LogP contribution in [-0.2, 0) is 0 Å². The molecule has 0 atom stereocenters. The molecule has 2 heterocycles. The third kappa shape index (κ3) is 2.35. The molecule has 3 rings (SSSR count). The van der Waals surface area contributed by atoms with Crippen LogP contribution in [0.1, 0.15) is 0 Å². The minimum Gasteiger partial charge on any atom is -0.382 e. The summed E-state index contributed by atoms with van der Waals surface area (Å²) < 4.78 is 29.1. The maximum absolute atomic E-state index is 13.9. The summed E-state index contributed by atoms with van der Waals surface area (Å²) in [5.74, 6) is -1.83. The van der Waals surface area contributed by atoms with Gasteiger partial charge in [0.15, 0.2) is 17.5 Å². The molecule has 1 aromatic carbocycles. The molecule has 0 amide bonds. The van der Waals surface area contributed by atoms with Gasteiger partial charge in [-0.25, -0.2) is 13.8 Å². The number of pyridine rings is 1. The fourth-order valence-corrected chi connectivity index (χ4v) is 2.12. The average molecular weight is 353 g/mol. The molecule has 0 saturated carbocycles. The van der Waals surface area contributed by atoms with Crippen molar-refractivity contribution in [3.05, 3.63) is 46.6 Å². The number of halogens is 3. The Hall–Kier alpha value is -2.42. The zero-order valence-corrected chi connectivity index (χ0v) is 11.9. The summed E-state index contributed by atoms with van der Waals surface area (Å²) in [6.45, 7) is 0. The molecule has 2 aromatic heterocycles. The molecule has 3 aromatic rings. The highest BCUT2D eigenvalue weighted by Gasteiger charge is 2.19. The zero-order valence-electron chi connectivity index (χ0n) is 10.3. The highest BCUT2D eigenvalue weighted by atomic mass is 79.9. The first-order valence-corrected chi connectivity index (χ1v) is 6.51. The van der Waals surface area contributed by atoms with Crippen LogP contribution < -0.4 is 5.73 Å². The highest BCUT2D eigenvalue weighted by molar-refractivity contribution is 9.10. The van der Waals surface area contributed by atoms with Gasteiger partial charge in [0.2, 0.25) is 0 Å². The van der Waals surface area contributed by atoms with Gasteiger partial charge in [0.05, 0.1) is 5.56 Å². The number of hydrogen-bond donors (Lipinski definition) is 1. The summed E-state index contributed by atoms with van der Waals surface area (Å²) in [4.78, 5) is 3.96. The highest BCUT2D eigenvalue weighted by Crippen LogP contribution is 2.26. The van der Waals surface area contributed by atoms with Crippen LogP contribution in [0.15, 0.2) is 34.9 Å². The van der Waals surface area contributed by atoms with Crippen molar-refractivity contribution in [3.8, 4) is 17.1 Å². The van der Waals surface area contributed by atoms with E-state index in [1.54, 1.807) is 6.07 Å². The second-order valence-electron chi connectivity index (χ2n) is 4.07. The third-order valence-corrected chi connectivity index (χ3v) is 3.19. The van der Waals surface area contributed by atoms with E-state index in [1.165, 1.54) is 23.0 Å². The molecule has 2 N–H and O–H groups in total. The van der Waals surface area contributed by atoms with E-state index in [9.17, 15) is 8.78 Å². The number of anilines is 1. The van der Waals surface area contributed by atoms with Crippen molar-refractivity contribution in [1.29, 1.82) is 0 Å². The van der Waals surface area contributed by atoms with Crippen LogP contribution in [0.3, 0.4) is 0 Å². The molecule has 0 radical (unpaired) electrons. The number of rotatable bonds is 2. The number of nitrogens with zero attached hydrogens (tertiary/aromatic N) is 5. The second kappa shape index (κ2) is 5.17. The van der Waals surface area contributed by atoms with Gasteiger partial charge in [0, 0.05) is 10.7 Å². The Kier molecular flexibility index (Phi) is 3.34. The SMILES string of the molecule is Nc1ncc(Br)cc1-n1nnnc1-c1cccc(F)c1F. The zero-order chi connectivity index (χ0) is 15.0. The topological polar surface area (TPSA) is 82.5 Å². The minimum atomic E-state index is -1.03. The summed E-state index contributed by atoms with van der Waals surface area (Å²) in [7, 11) is 0. The van der Waals surface area contributed by atoms with E-state index >= 15 is 0 Å². The van der Waals surface area contributed by atoms with Crippen molar-refractivity contribution < 1.29 is 8.78 Å². The Balaban J connectivity index is 2.22. The third-order valence-electron chi connectivity index (χ3n) is 2.75. The molecular weight excluding hydrogens is 346 g/mol. The van der Waals surface area contributed by atoms with E-state index in [-0.39, 0.29) is 17.2 Å². The Labute approximate surface area is 125 Å². The summed E-state index contributed by atoms with van der Waals surface area (Å²) in [6, 6.07) is 5.39. The summed E-state index contributed by atoms with van der Waals surface area (Å²) in [5, 5.41) is 11.0. The van der Waals surface area contributed by atoms with Crippen LogP contribution in [0.5, 0.6) is 0 Å². The summed E-state index contributed by atoms with van der Waals surface area (Å²) in [6.07, 6.45) is 1.51.